The number of benzene rings is 1. The normalized spacial score (nSPS) is 27.9. The molecule has 0 radical (unpaired) electrons. The van der Waals surface area contributed by atoms with Crippen LogP contribution in [0.1, 0.15) is 51.3 Å². The highest BCUT2D eigenvalue weighted by Crippen LogP contribution is 2.64. The van der Waals surface area contributed by atoms with Crippen LogP contribution in [0.15, 0.2) is 34.5 Å². The minimum atomic E-state index is -0.293. The minimum absolute atomic E-state index is 0.131. The van der Waals surface area contributed by atoms with Gasteiger partial charge in [0.2, 0.25) is 0 Å². The third-order valence-electron chi connectivity index (χ3n) is 7.00. The zero-order chi connectivity index (χ0) is 19.4. The first-order valence-corrected chi connectivity index (χ1v) is 9.73. The van der Waals surface area contributed by atoms with E-state index in [1.165, 1.54) is 30.7 Å². The summed E-state index contributed by atoms with van der Waals surface area (Å²) in [5.74, 6) is 0.404. The van der Waals surface area contributed by atoms with Crippen LogP contribution in [0.4, 0.5) is 4.39 Å². The molecule has 0 N–H and O–H groups in total. The highest BCUT2D eigenvalue weighted by Gasteiger charge is 2.59. The molecule has 2 fully saturated rings. The predicted octanol–water partition coefficient (Wildman–Crippen LogP) is 5.59. The molecule has 0 amide bonds. The molecule has 2 saturated carbocycles. The second kappa shape index (κ2) is 6.26. The van der Waals surface area contributed by atoms with E-state index in [0.29, 0.717) is 16.8 Å². The SMILES string of the molecule is Cc1nn(-c2ccc(F)cc2)c(Cl)c1/C=N\N=C1\C[C@@H]2CC[C@@]1(C)C2(C)C. The summed E-state index contributed by atoms with van der Waals surface area (Å²) in [6.07, 6.45) is 5.17. The first-order valence-electron chi connectivity index (χ1n) is 9.35. The molecule has 1 aromatic heterocycles. The van der Waals surface area contributed by atoms with E-state index in [2.05, 4.69) is 36.1 Å². The van der Waals surface area contributed by atoms with E-state index in [9.17, 15) is 4.39 Å². The van der Waals surface area contributed by atoms with Crippen molar-refractivity contribution in [2.75, 3.05) is 0 Å². The van der Waals surface area contributed by atoms with Crippen molar-refractivity contribution < 1.29 is 4.39 Å². The Bertz CT molecular complexity index is 942. The average molecular weight is 387 g/mol. The molecule has 1 aromatic carbocycles. The van der Waals surface area contributed by atoms with Crippen molar-refractivity contribution in [3.63, 3.8) is 0 Å². The molecule has 2 aliphatic rings. The average Bonchev–Trinajstić information content (AvgIpc) is 3.10. The summed E-state index contributed by atoms with van der Waals surface area (Å²) in [4.78, 5) is 0. The van der Waals surface area contributed by atoms with Gasteiger partial charge in [-0.1, -0.05) is 32.4 Å². The summed E-state index contributed by atoms with van der Waals surface area (Å²) in [6, 6.07) is 6.07. The van der Waals surface area contributed by atoms with E-state index in [1.54, 1.807) is 23.0 Å². The minimum Gasteiger partial charge on any atom is -0.221 e. The topological polar surface area (TPSA) is 42.5 Å². The van der Waals surface area contributed by atoms with Crippen LogP contribution in [0.5, 0.6) is 0 Å². The summed E-state index contributed by atoms with van der Waals surface area (Å²) in [5.41, 5.74) is 3.80. The number of halogens is 2. The quantitative estimate of drug-likeness (QED) is 0.500. The van der Waals surface area contributed by atoms with Crippen LogP contribution < -0.4 is 0 Å². The van der Waals surface area contributed by atoms with Gasteiger partial charge in [0.25, 0.3) is 0 Å². The standard InChI is InChI=1S/C21H24ClFN4/c1-13-17(19(22)27(26-13)16-7-5-15(23)6-8-16)12-24-25-18-11-14-9-10-21(18,4)20(14,2)3/h5-8,12,14H,9-11H2,1-4H3/b24-12-,25-18-/t14-,21+/m0/s1. The van der Waals surface area contributed by atoms with Gasteiger partial charge < -0.3 is 0 Å². The molecule has 6 heteroatoms. The van der Waals surface area contributed by atoms with E-state index < -0.39 is 0 Å². The second-order valence-corrected chi connectivity index (χ2v) is 8.82. The number of fused-ring (bicyclic) bond motifs is 2. The fourth-order valence-electron chi connectivity index (χ4n) is 4.65. The van der Waals surface area contributed by atoms with Gasteiger partial charge in [-0.15, -0.1) is 0 Å². The van der Waals surface area contributed by atoms with Crippen molar-refractivity contribution in [2.45, 2.75) is 47.0 Å². The molecule has 142 valence electrons. The number of aromatic nitrogens is 2. The number of nitrogens with zero attached hydrogens (tertiary/aromatic N) is 4. The molecule has 2 bridgehead atoms. The van der Waals surface area contributed by atoms with Crippen LogP contribution in [-0.2, 0) is 0 Å². The lowest BCUT2D eigenvalue weighted by molar-refractivity contribution is 0.194. The Kier molecular flexibility index (Phi) is 4.26. The van der Waals surface area contributed by atoms with Gasteiger partial charge in [0.05, 0.1) is 23.2 Å². The summed E-state index contributed by atoms with van der Waals surface area (Å²) in [6.45, 7) is 8.90. The molecule has 0 saturated heterocycles. The molecule has 2 aromatic rings. The Hall–Kier alpha value is -2.01. The van der Waals surface area contributed by atoms with Gasteiger partial charge in [-0.05, 0) is 61.8 Å². The second-order valence-electron chi connectivity index (χ2n) is 8.46. The summed E-state index contributed by atoms with van der Waals surface area (Å²) >= 11 is 6.50. The smallest absolute Gasteiger partial charge is 0.142 e. The van der Waals surface area contributed by atoms with Gasteiger partial charge in [0.15, 0.2) is 0 Å². The molecular weight excluding hydrogens is 363 g/mol. The Morgan fingerprint density at radius 3 is 2.56 bits per heavy atom. The summed E-state index contributed by atoms with van der Waals surface area (Å²) < 4.78 is 14.7. The van der Waals surface area contributed by atoms with Crippen LogP contribution in [0, 0.1) is 29.5 Å². The molecule has 0 unspecified atom stereocenters. The Labute approximate surface area is 164 Å². The maximum atomic E-state index is 13.2. The predicted molar refractivity (Wildman–Crippen MR) is 108 cm³/mol. The van der Waals surface area contributed by atoms with Gasteiger partial charge in [0, 0.05) is 11.1 Å². The van der Waals surface area contributed by atoms with Crippen molar-refractivity contribution in [3.8, 4) is 5.69 Å². The van der Waals surface area contributed by atoms with Gasteiger partial charge in [-0.25, -0.2) is 9.07 Å². The van der Waals surface area contributed by atoms with Crippen molar-refractivity contribution in [3.05, 3.63) is 46.5 Å². The Balaban J connectivity index is 1.62. The molecular formula is C21H24ClFN4. The maximum absolute atomic E-state index is 13.2. The zero-order valence-corrected chi connectivity index (χ0v) is 16.9. The Morgan fingerprint density at radius 2 is 1.96 bits per heavy atom. The third kappa shape index (κ3) is 2.75. The number of aryl methyl sites for hydroxylation is 1. The van der Waals surface area contributed by atoms with Gasteiger partial charge in [-0.2, -0.15) is 15.3 Å². The fourth-order valence-corrected chi connectivity index (χ4v) is 4.97. The van der Waals surface area contributed by atoms with Crippen LogP contribution in [0.2, 0.25) is 5.15 Å². The van der Waals surface area contributed by atoms with E-state index >= 15 is 0 Å². The van der Waals surface area contributed by atoms with Crippen LogP contribution in [-0.4, -0.2) is 21.7 Å². The first kappa shape index (κ1) is 18.4. The molecule has 0 spiro atoms. The van der Waals surface area contributed by atoms with Crippen molar-refractivity contribution >= 4 is 23.5 Å². The summed E-state index contributed by atoms with van der Waals surface area (Å²) in [5, 5.41) is 13.9. The molecule has 0 aliphatic heterocycles. The lowest BCUT2D eigenvalue weighted by Gasteiger charge is -2.34. The zero-order valence-electron chi connectivity index (χ0n) is 16.1. The van der Waals surface area contributed by atoms with E-state index in [-0.39, 0.29) is 16.6 Å². The van der Waals surface area contributed by atoms with Gasteiger partial charge in [0.1, 0.15) is 11.0 Å². The largest absolute Gasteiger partial charge is 0.221 e. The van der Waals surface area contributed by atoms with E-state index in [0.717, 1.165) is 17.7 Å². The molecule has 27 heavy (non-hydrogen) atoms. The number of hydrogen-bond acceptors (Lipinski definition) is 3. The van der Waals surface area contributed by atoms with Crippen molar-refractivity contribution in [1.82, 2.24) is 9.78 Å². The fraction of sp³-hybridized carbons (Fsp3) is 0.476. The first-order chi connectivity index (χ1) is 12.7. The summed E-state index contributed by atoms with van der Waals surface area (Å²) in [7, 11) is 0. The van der Waals surface area contributed by atoms with Crippen LogP contribution >= 0.6 is 11.6 Å². The molecule has 2 atom stereocenters. The van der Waals surface area contributed by atoms with Gasteiger partial charge >= 0.3 is 0 Å². The molecule has 4 nitrogen and oxygen atoms in total. The van der Waals surface area contributed by atoms with Crippen LogP contribution in [0.3, 0.4) is 0 Å². The molecule has 2 aliphatic carbocycles. The number of rotatable bonds is 3. The number of hydrogen-bond donors (Lipinski definition) is 0. The van der Waals surface area contributed by atoms with Crippen molar-refractivity contribution in [2.24, 2.45) is 27.0 Å². The lowest BCUT2D eigenvalue weighted by atomic mass is 9.70. The monoisotopic (exact) mass is 386 g/mol. The molecule has 4 rings (SSSR count). The maximum Gasteiger partial charge on any atom is 0.142 e. The van der Waals surface area contributed by atoms with Crippen molar-refractivity contribution in [1.29, 1.82) is 0 Å². The Morgan fingerprint density at radius 1 is 1.26 bits per heavy atom. The highest BCUT2D eigenvalue weighted by atomic mass is 35.5. The van der Waals surface area contributed by atoms with Crippen LogP contribution in [0.25, 0.3) is 5.69 Å². The third-order valence-corrected chi connectivity index (χ3v) is 7.36. The van der Waals surface area contributed by atoms with Gasteiger partial charge in [-0.3, -0.25) is 0 Å². The van der Waals surface area contributed by atoms with E-state index in [1.807, 2.05) is 6.92 Å². The lowest BCUT2D eigenvalue weighted by Crippen LogP contribution is -2.32. The highest BCUT2D eigenvalue weighted by molar-refractivity contribution is 6.32. The van der Waals surface area contributed by atoms with E-state index in [4.69, 9.17) is 11.6 Å². The molecule has 1 heterocycles.